The molecular formula is C19H23N3O3. The van der Waals surface area contributed by atoms with Crippen LogP contribution in [0.3, 0.4) is 0 Å². The highest BCUT2D eigenvalue weighted by atomic mass is 16.5. The van der Waals surface area contributed by atoms with Crippen LogP contribution in [-0.4, -0.2) is 49.1 Å². The summed E-state index contributed by atoms with van der Waals surface area (Å²) in [5, 5.41) is 3.48. The molecule has 1 amide bonds. The molecule has 25 heavy (non-hydrogen) atoms. The van der Waals surface area contributed by atoms with Crippen molar-refractivity contribution >= 4 is 11.6 Å². The number of pyridine rings is 1. The van der Waals surface area contributed by atoms with Crippen molar-refractivity contribution in [2.75, 3.05) is 32.6 Å². The second-order valence-corrected chi connectivity index (χ2v) is 6.02. The number of hydrogen-bond acceptors (Lipinski definition) is 5. The number of carbonyl (C=O) groups excluding carboxylic acids is 1. The van der Waals surface area contributed by atoms with E-state index in [0.29, 0.717) is 36.2 Å². The number of likely N-dealkylation sites (tertiary alicyclic amines) is 1. The lowest BCUT2D eigenvalue weighted by Gasteiger charge is -2.33. The van der Waals surface area contributed by atoms with E-state index in [0.717, 1.165) is 18.5 Å². The molecule has 0 atom stereocenters. The summed E-state index contributed by atoms with van der Waals surface area (Å²) in [5.41, 5.74) is 1.56. The lowest BCUT2D eigenvalue weighted by Crippen LogP contribution is -2.42. The van der Waals surface area contributed by atoms with Gasteiger partial charge in [-0.3, -0.25) is 9.78 Å². The summed E-state index contributed by atoms with van der Waals surface area (Å²) in [4.78, 5) is 18.9. The van der Waals surface area contributed by atoms with Gasteiger partial charge in [-0.1, -0.05) is 0 Å². The first-order chi connectivity index (χ1) is 12.2. The Labute approximate surface area is 147 Å². The maximum atomic E-state index is 12.9. The average molecular weight is 341 g/mol. The number of nitrogens with one attached hydrogen (secondary N) is 1. The first-order valence-corrected chi connectivity index (χ1v) is 8.39. The molecule has 2 heterocycles. The number of aromatic nitrogens is 1. The van der Waals surface area contributed by atoms with E-state index in [2.05, 4.69) is 10.3 Å². The van der Waals surface area contributed by atoms with Crippen LogP contribution in [0.2, 0.25) is 0 Å². The number of methoxy groups -OCH3 is 2. The van der Waals surface area contributed by atoms with Gasteiger partial charge in [0.25, 0.3) is 5.91 Å². The van der Waals surface area contributed by atoms with Gasteiger partial charge in [-0.05, 0) is 43.2 Å². The Morgan fingerprint density at radius 1 is 1.20 bits per heavy atom. The summed E-state index contributed by atoms with van der Waals surface area (Å²) < 4.78 is 10.6. The van der Waals surface area contributed by atoms with E-state index in [1.54, 1.807) is 38.6 Å². The first kappa shape index (κ1) is 17.1. The average Bonchev–Trinajstić information content (AvgIpc) is 2.68. The van der Waals surface area contributed by atoms with Crippen molar-refractivity contribution in [3.8, 4) is 11.5 Å². The normalized spacial score (nSPS) is 14.9. The minimum Gasteiger partial charge on any atom is -0.497 e. The fraction of sp³-hybridized carbons (Fsp3) is 0.368. The van der Waals surface area contributed by atoms with Crippen molar-refractivity contribution in [3.05, 3.63) is 48.3 Å². The Morgan fingerprint density at radius 2 is 2.00 bits per heavy atom. The molecular weight excluding hydrogens is 318 g/mol. The third-order valence-corrected chi connectivity index (χ3v) is 4.45. The van der Waals surface area contributed by atoms with Crippen molar-refractivity contribution in [3.63, 3.8) is 0 Å². The molecule has 1 aliphatic heterocycles. The highest BCUT2D eigenvalue weighted by Crippen LogP contribution is 2.26. The maximum absolute atomic E-state index is 12.9. The molecule has 132 valence electrons. The quantitative estimate of drug-likeness (QED) is 0.906. The number of benzene rings is 1. The van der Waals surface area contributed by atoms with Crippen molar-refractivity contribution < 1.29 is 14.3 Å². The highest BCUT2D eigenvalue weighted by molar-refractivity contribution is 5.97. The zero-order chi connectivity index (χ0) is 17.6. The van der Waals surface area contributed by atoms with E-state index in [9.17, 15) is 4.79 Å². The van der Waals surface area contributed by atoms with E-state index in [1.807, 2.05) is 23.2 Å². The second-order valence-electron chi connectivity index (χ2n) is 6.02. The molecule has 3 rings (SSSR count). The number of rotatable bonds is 5. The zero-order valence-corrected chi connectivity index (χ0v) is 14.6. The van der Waals surface area contributed by atoms with E-state index in [1.165, 1.54) is 0 Å². The van der Waals surface area contributed by atoms with Crippen LogP contribution >= 0.6 is 0 Å². The van der Waals surface area contributed by atoms with Gasteiger partial charge in [-0.15, -0.1) is 0 Å². The third-order valence-electron chi connectivity index (χ3n) is 4.45. The molecule has 0 radical (unpaired) electrons. The SMILES string of the molecule is COc1ccc(OC)c(C(=O)N2CCC(Nc3cccnc3)CC2)c1. The highest BCUT2D eigenvalue weighted by Gasteiger charge is 2.25. The number of piperidine rings is 1. The van der Waals surface area contributed by atoms with Crippen molar-refractivity contribution in [1.29, 1.82) is 0 Å². The smallest absolute Gasteiger partial charge is 0.257 e. The Balaban J connectivity index is 1.63. The summed E-state index contributed by atoms with van der Waals surface area (Å²) in [5.74, 6) is 1.20. The Kier molecular flexibility index (Phi) is 5.38. The van der Waals surface area contributed by atoms with Crippen LogP contribution in [0.4, 0.5) is 5.69 Å². The summed E-state index contributed by atoms with van der Waals surface area (Å²) in [6, 6.07) is 9.56. The standard InChI is InChI=1S/C19H23N3O3/c1-24-16-5-6-18(25-2)17(12-16)19(23)22-10-7-14(8-11-22)21-15-4-3-9-20-13-15/h3-6,9,12-14,21H,7-8,10-11H2,1-2H3. The number of nitrogens with zero attached hydrogens (tertiary/aromatic N) is 2. The molecule has 6 heteroatoms. The van der Waals surface area contributed by atoms with Crippen LogP contribution in [0, 0.1) is 0 Å². The Morgan fingerprint density at radius 3 is 2.64 bits per heavy atom. The number of carbonyl (C=O) groups is 1. The fourth-order valence-corrected chi connectivity index (χ4v) is 3.06. The lowest BCUT2D eigenvalue weighted by atomic mass is 10.0. The molecule has 1 fully saturated rings. The molecule has 0 bridgehead atoms. The largest absolute Gasteiger partial charge is 0.497 e. The van der Waals surface area contributed by atoms with Crippen LogP contribution in [-0.2, 0) is 0 Å². The number of anilines is 1. The number of amides is 1. The van der Waals surface area contributed by atoms with Gasteiger partial charge >= 0.3 is 0 Å². The second kappa shape index (κ2) is 7.88. The molecule has 1 aromatic carbocycles. The van der Waals surface area contributed by atoms with Crippen LogP contribution in [0.25, 0.3) is 0 Å². The van der Waals surface area contributed by atoms with Gasteiger partial charge in [0.2, 0.25) is 0 Å². The van der Waals surface area contributed by atoms with Gasteiger partial charge in [-0.2, -0.15) is 0 Å². The van der Waals surface area contributed by atoms with Crippen LogP contribution in [0.15, 0.2) is 42.7 Å². The zero-order valence-electron chi connectivity index (χ0n) is 14.6. The number of hydrogen-bond donors (Lipinski definition) is 1. The van der Waals surface area contributed by atoms with Gasteiger partial charge in [-0.25, -0.2) is 0 Å². The Bertz CT molecular complexity index is 713. The molecule has 0 saturated carbocycles. The summed E-state index contributed by atoms with van der Waals surface area (Å²) in [7, 11) is 3.16. The molecule has 1 aliphatic rings. The van der Waals surface area contributed by atoms with E-state index < -0.39 is 0 Å². The topological polar surface area (TPSA) is 63.7 Å². The summed E-state index contributed by atoms with van der Waals surface area (Å²) in [6.07, 6.45) is 5.37. The van der Waals surface area contributed by atoms with Crippen molar-refractivity contribution in [2.24, 2.45) is 0 Å². The van der Waals surface area contributed by atoms with Gasteiger partial charge < -0.3 is 19.7 Å². The van der Waals surface area contributed by atoms with Crippen molar-refractivity contribution in [1.82, 2.24) is 9.88 Å². The predicted octanol–water partition coefficient (Wildman–Crippen LogP) is 2.82. The molecule has 6 nitrogen and oxygen atoms in total. The van der Waals surface area contributed by atoms with Crippen LogP contribution in [0.5, 0.6) is 11.5 Å². The molecule has 1 N–H and O–H groups in total. The predicted molar refractivity (Wildman–Crippen MR) is 96.3 cm³/mol. The monoisotopic (exact) mass is 341 g/mol. The molecule has 2 aromatic rings. The maximum Gasteiger partial charge on any atom is 0.257 e. The first-order valence-electron chi connectivity index (χ1n) is 8.39. The molecule has 0 aliphatic carbocycles. The van der Waals surface area contributed by atoms with Crippen LogP contribution in [0.1, 0.15) is 23.2 Å². The molecule has 0 spiro atoms. The van der Waals surface area contributed by atoms with E-state index in [-0.39, 0.29) is 5.91 Å². The molecule has 0 unspecified atom stereocenters. The molecule has 1 saturated heterocycles. The summed E-state index contributed by atoms with van der Waals surface area (Å²) >= 11 is 0. The fourth-order valence-electron chi connectivity index (χ4n) is 3.06. The number of ether oxygens (including phenoxy) is 2. The van der Waals surface area contributed by atoms with E-state index in [4.69, 9.17) is 9.47 Å². The van der Waals surface area contributed by atoms with E-state index >= 15 is 0 Å². The third kappa shape index (κ3) is 4.02. The van der Waals surface area contributed by atoms with Crippen molar-refractivity contribution in [2.45, 2.75) is 18.9 Å². The lowest BCUT2D eigenvalue weighted by molar-refractivity contribution is 0.0714. The van der Waals surface area contributed by atoms with Crippen LogP contribution < -0.4 is 14.8 Å². The minimum atomic E-state index is -0.0180. The Hall–Kier alpha value is -2.76. The van der Waals surface area contributed by atoms with Gasteiger partial charge in [0, 0.05) is 31.5 Å². The summed E-state index contributed by atoms with van der Waals surface area (Å²) in [6.45, 7) is 1.41. The molecule has 1 aromatic heterocycles. The minimum absolute atomic E-state index is 0.0180. The van der Waals surface area contributed by atoms with Gasteiger partial charge in [0.15, 0.2) is 0 Å². The van der Waals surface area contributed by atoms with Gasteiger partial charge in [0.05, 0.1) is 25.5 Å². The van der Waals surface area contributed by atoms with Gasteiger partial charge in [0.1, 0.15) is 11.5 Å².